The Balaban J connectivity index is 3.28. The standard InChI is InChI=1S/C21H45O3P/c1-4-6-8-10-12-14-16-18-20-23-25(22-3)24-21-19-17-15-13-11-9-7-5-2/h4-21H2,1-3H3. The Morgan fingerprint density at radius 3 is 1.12 bits per heavy atom. The minimum Gasteiger partial charge on any atom is -0.316 e. The minimum absolute atomic E-state index is 0.770. The van der Waals surface area contributed by atoms with E-state index >= 15 is 0 Å². The first kappa shape index (κ1) is 25.3. The Bertz CT molecular complexity index is 217. The quantitative estimate of drug-likeness (QED) is 0.149. The van der Waals surface area contributed by atoms with Crippen molar-refractivity contribution in [3.63, 3.8) is 0 Å². The Morgan fingerprint density at radius 1 is 0.480 bits per heavy atom. The molecule has 0 aromatic carbocycles. The molecule has 0 rings (SSSR count). The summed E-state index contributed by atoms with van der Waals surface area (Å²) in [7, 11) is 0.564. The van der Waals surface area contributed by atoms with Crippen LogP contribution in [0.15, 0.2) is 0 Å². The second kappa shape index (κ2) is 22.4. The van der Waals surface area contributed by atoms with Crippen LogP contribution < -0.4 is 0 Å². The van der Waals surface area contributed by atoms with Gasteiger partial charge in [0.15, 0.2) is 0 Å². The maximum Gasteiger partial charge on any atom is 0.332 e. The number of hydrogen-bond acceptors (Lipinski definition) is 3. The van der Waals surface area contributed by atoms with Crippen molar-refractivity contribution in [1.82, 2.24) is 0 Å². The third-order valence-electron chi connectivity index (χ3n) is 4.54. The van der Waals surface area contributed by atoms with Crippen molar-refractivity contribution in [3.05, 3.63) is 0 Å². The molecule has 0 spiro atoms. The first-order chi connectivity index (χ1) is 12.3. The van der Waals surface area contributed by atoms with Crippen molar-refractivity contribution in [2.24, 2.45) is 0 Å². The van der Waals surface area contributed by atoms with Crippen LogP contribution in [0.5, 0.6) is 0 Å². The van der Waals surface area contributed by atoms with E-state index in [-0.39, 0.29) is 0 Å². The van der Waals surface area contributed by atoms with Crippen molar-refractivity contribution in [1.29, 1.82) is 0 Å². The van der Waals surface area contributed by atoms with Crippen LogP contribution in [-0.4, -0.2) is 20.3 Å². The first-order valence-corrected chi connectivity index (χ1v) is 12.0. The predicted octanol–water partition coefficient (Wildman–Crippen LogP) is 8.17. The number of rotatable bonds is 21. The summed E-state index contributed by atoms with van der Waals surface area (Å²) in [5, 5.41) is 0. The molecule has 0 aliphatic carbocycles. The molecule has 0 aliphatic heterocycles. The summed E-state index contributed by atoms with van der Waals surface area (Å²) >= 11 is 0. The SMILES string of the molecule is CCCCCCCCCCOP(OC)OCCCCCCCCCC. The van der Waals surface area contributed by atoms with Gasteiger partial charge in [-0.1, -0.05) is 104 Å². The molecule has 25 heavy (non-hydrogen) atoms. The highest BCUT2D eigenvalue weighted by Gasteiger charge is 2.09. The highest BCUT2D eigenvalue weighted by atomic mass is 31.2. The zero-order valence-electron chi connectivity index (χ0n) is 17.4. The van der Waals surface area contributed by atoms with E-state index in [1.54, 1.807) is 7.11 Å². The fourth-order valence-electron chi connectivity index (χ4n) is 2.89. The number of unbranched alkanes of at least 4 members (excludes halogenated alkanes) is 14. The average molecular weight is 377 g/mol. The highest BCUT2D eigenvalue weighted by Crippen LogP contribution is 2.38. The summed E-state index contributed by atoms with van der Waals surface area (Å²) in [5.74, 6) is 0. The third-order valence-corrected chi connectivity index (χ3v) is 5.62. The summed E-state index contributed by atoms with van der Waals surface area (Å²) < 4.78 is 16.8. The van der Waals surface area contributed by atoms with Crippen LogP contribution in [0, 0.1) is 0 Å². The lowest BCUT2D eigenvalue weighted by Crippen LogP contribution is -1.97. The third kappa shape index (κ3) is 20.5. The van der Waals surface area contributed by atoms with E-state index in [2.05, 4.69) is 13.8 Å². The van der Waals surface area contributed by atoms with Crippen LogP contribution in [0.25, 0.3) is 0 Å². The molecule has 0 aromatic heterocycles. The Hall–Kier alpha value is 0.310. The summed E-state index contributed by atoms with van der Waals surface area (Å²) in [6.07, 6.45) is 21.2. The minimum atomic E-state index is -1.12. The fourth-order valence-corrected chi connectivity index (χ4v) is 3.73. The van der Waals surface area contributed by atoms with E-state index in [0.717, 1.165) is 26.1 Å². The van der Waals surface area contributed by atoms with E-state index in [1.807, 2.05) is 0 Å². The van der Waals surface area contributed by atoms with E-state index in [0.29, 0.717) is 0 Å². The van der Waals surface area contributed by atoms with Crippen molar-refractivity contribution in [3.8, 4) is 0 Å². The molecule has 3 nitrogen and oxygen atoms in total. The molecule has 0 aliphatic rings. The topological polar surface area (TPSA) is 27.7 Å². The fraction of sp³-hybridized carbons (Fsp3) is 1.00. The predicted molar refractivity (Wildman–Crippen MR) is 111 cm³/mol. The second-order valence-corrected chi connectivity index (χ2v) is 8.35. The molecule has 0 amide bonds. The van der Waals surface area contributed by atoms with E-state index < -0.39 is 8.60 Å². The van der Waals surface area contributed by atoms with Crippen molar-refractivity contribution < 1.29 is 13.6 Å². The normalized spacial score (nSPS) is 11.5. The first-order valence-electron chi connectivity index (χ1n) is 10.9. The van der Waals surface area contributed by atoms with Crippen LogP contribution in [0.4, 0.5) is 0 Å². The zero-order valence-corrected chi connectivity index (χ0v) is 18.3. The molecule has 0 unspecified atom stereocenters. The van der Waals surface area contributed by atoms with Crippen LogP contribution in [0.2, 0.25) is 0 Å². The van der Waals surface area contributed by atoms with Gasteiger partial charge in [0.2, 0.25) is 0 Å². The van der Waals surface area contributed by atoms with Gasteiger partial charge in [-0.3, -0.25) is 0 Å². The second-order valence-electron chi connectivity index (χ2n) is 7.02. The maximum atomic E-state index is 5.73. The zero-order chi connectivity index (χ0) is 18.4. The summed E-state index contributed by atoms with van der Waals surface area (Å²) in [5.41, 5.74) is 0. The molecule has 152 valence electrons. The van der Waals surface area contributed by atoms with Gasteiger partial charge in [0.1, 0.15) is 0 Å². The van der Waals surface area contributed by atoms with Gasteiger partial charge >= 0.3 is 8.60 Å². The smallest absolute Gasteiger partial charge is 0.316 e. The van der Waals surface area contributed by atoms with Gasteiger partial charge in [0, 0.05) is 7.11 Å². The number of hydrogen-bond donors (Lipinski definition) is 0. The average Bonchev–Trinajstić information content (AvgIpc) is 2.63. The molecule has 0 atom stereocenters. The Labute approximate surface area is 159 Å². The summed E-state index contributed by atoms with van der Waals surface area (Å²) in [6.45, 7) is 6.07. The monoisotopic (exact) mass is 376 g/mol. The van der Waals surface area contributed by atoms with Crippen LogP contribution in [-0.2, 0) is 13.6 Å². The van der Waals surface area contributed by atoms with Gasteiger partial charge in [-0.2, -0.15) is 0 Å². The largest absolute Gasteiger partial charge is 0.332 e. The van der Waals surface area contributed by atoms with Gasteiger partial charge in [0.25, 0.3) is 0 Å². The Morgan fingerprint density at radius 2 is 0.800 bits per heavy atom. The molecular weight excluding hydrogens is 331 g/mol. The lowest BCUT2D eigenvalue weighted by atomic mass is 10.1. The Kier molecular flexibility index (Phi) is 22.6. The van der Waals surface area contributed by atoms with Gasteiger partial charge in [0.05, 0.1) is 13.2 Å². The highest BCUT2D eigenvalue weighted by molar-refractivity contribution is 7.41. The van der Waals surface area contributed by atoms with Gasteiger partial charge in [-0.05, 0) is 12.8 Å². The van der Waals surface area contributed by atoms with Crippen molar-refractivity contribution >= 4 is 8.60 Å². The molecule has 0 fully saturated rings. The van der Waals surface area contributed by atoms with Crippen LogP contribution in [0.3, 0.4) is 0 Å². The van der Waals surface area contributed by atoms with Crippen LogP contribution >= 0.6 is 8.60 Å². The molecule has 4 heteroatoms. The van der Waals surface area contributed by atoms with E-state index in [1.165, 1.54) is 89.9 Å². The van der Waals surface area contributed by atoms with Gasteiger partial charge < -0.3 is 13.6 Å². The summed E-state index contributed by atoms with van der Waals surface area (Å²) in [6, 6.07) is 0. The molecule has 0 heterocycles. The molecular formula is C21H45O3P. The maximum absolute atomic E-state index is 5.73. The van der Waals surface area contributed by atoms with Crippen molar-refractivity contribution in [2.45, 2.75) is 117 Å². The van der Waals surface area contributed by atoms with Gasteiger partial charge in [-0.25, -0.2) is 0 Å². The molecule has 0 saturated carbocycles. The van der Waals surface area contributed by atoms with E-state index in [4.69, 9.17) is 13.6 Å². The van der Waals surface area contributed by atoms with Crippen LogP contribution in [0.1, 0.15) is 117 Å². The van der Waals surface area contributed by atoms with Crippen molar-refractivity contribution in [2.75, 3.05) is 20.3 Å². The van der Waals surface area contributed by atoms with Gasteiger partial charge in [-0.15, -0.1) is 0 Å². The lowest BCUT2D eigenvalue weighted by molar-refractivity contribution is 0.175. The molecule has 0 bridgehead atoms. The molecule has 0 N–H and O–H groups in total. The molecule has 0 radical (unpaired) electrons. The summed E-state index contributed by atoms with van der Waals surface area (Å²) in [4.78, 5) is 0. The molecule has 0 aromatic rings. The molecule has 0 saturated heterocycles. The van der Waals surface area contributed by atoms with E-state index in [9.17, 15) is 0 Å². The lowest BCUT2D eigenvalue weighted by Gasteiger charge is -2.14.